The van der Waals surface area contributed by atoms with E-state index in [4.69, 9.17) is 9.47 Å². The van der Waals surface area contributed by atoms with Crippen LogP contribution in [0.2, 0.25) is 0 Å². The zero-order valence-electron chi connectivity index (χ0n) is 14.3. The maximum atomic E-state index is 12.1. The second kappa shape index (κ2) is 8.14. The van der Waals surface area contributed by atoms with Gasteiger partial charge in [-0.25, -0.2) is 9.97 Å². The Morgan fingerprint density at radius 2 is 1.96 bits per heavy atom. The molecular weight excluding hydrogens is 308 g/mol. The lowest BCUT2D eigenvalue weighted by Gasteiger charge is -2.12. The molecule has 0 spiro atoms. The fraction of sp³-hybridized carbons (Fsp3) is 0.353. The fourth-order valence-corrected chi connectivity index (χ4v) is 1.98. The number of nitrogens with one attached hydrogen (secondary N) is 2. The maximum Gasteiger partial charge on any atom is 0.270 e. The molecule has 0 saturated heterocycles. The summed E-state index contributed by atoms with van der Waals surface area (Å²) in [5, 5.41) is 5.95. The van der Waals surface area contributed by atoms with Crippen molar-refractivity contribution in [1.29, 1.82) is 0 Å². The monoisotopic (exact) mass is 330 g/mol. The van der Waals surface area contributed by atoms with Crippen LogP contribution in [0.3, 0.4) is 0 Å². The number of anilines is 2. The van der Waals surface area contributed by atoms with Crippen LogP contribution < -0.4 is 20.1 Å². The maximum absolute atomic E-state index is 12.1. The Morgan fingerprint density at radius 3 is 2.62 bits per heavy atom. The van der Waals surface area contributed by atoms with Gasteiger partial charge in [0.05, 0.1) is 19.9 Å². The first-order valence-electron chi connectivity index (χ1n) is 7.62. The van der Waals surface area contributed by atoms with Crippen LogP contribution in [0.1, 0.15) is 24.3 Å². The number of hydrogen-bond donors (Lipinski definition) is 2. The fourth-order valence-electron chi connectivity index (χ4n) is 1.98. The summed E-state index contributed by atoms with van der Waals surface area (Å²) in [7, 11) is 3.17. The van der Waals surface area contributed by atoms with E-state index in [1.165, 1.54) is 6.33 Å². The minimum Gasteiger partial charge on any atom is -0.497 e. The Bertz CT molecular complexity index is 704. The van der Waals surface area contributed by atoms with E-state index in [2.05, 4.69) is 20.6 Å². The number of ether oxygens (including phenoxy) is 2. The second-order valence-corrected chi connectivity index (χ2v) is 5.58. The van der Waals surface area contributed by atoms with E-state index in [1.54, 1.807) is 26.4 Å². The van der Waals surface area contributed by atoms with Crippen LogP contribution in [0.25, 0.3) is 0 Å². The van der Waals surface area contributed by atoms with Gasteiger partial charge in [-0.05, 0) is 18.1 Å². The average Bonchev–Trinajstić information content (AvgIpc) is 2.60. The molecule has 128 valence electrons. The summed E-state index contributed by atoms with van der Waals surface area (Å²) < 4.78 is 10.5. The third-order valence-electron chi connectivity index (χ3n) is 3.24. The van der Waals surface area contributed by atoms with Crippen LogP contribution in [0, 0.1) is 5.92 Å². The molecule has 1 amide bonds. The number of amides is 1. The number of aromatic nitrogens is 2. The van der Waals surface area contributed by atoms with Gasteiger partial charge in [0.15, 0.2) is 0 Å². The van der Waals surface area contributed by atoms with Crippen molar-refractivity contribution in [2.75, 3.05) is 26.1 Å². The lowest BCUT2D eigenvalue weighted by Crippen LogP contribution is -2.28. The number of hydrogen-bond acceptors (Lipinski definition) is 6. The molecule has 7 nitrogen and oxygen atoms in total. The van der Waals surface area contributed by atoms with Crippen molar-refractivity contribution in [3.8, 4) is 11.5 Å². The van der Waals surface area contributed by atoms with E-state index in [0.717, 1.165) is 0 Å². The van der Waals surface area contributed by atoms with E-state index in [-0.39, 0.29) is 5.91 Å². The van der Waals surface area contributed by atoms with Crippen molar-refractivity contribution in [2.24, 2.45) is 5.92 Å². The van der Waals surface area contributed by atoms with Gasteiger partial charge in [0, 0.05) is 18.7 Å². The highest BCUT2D eigenvalue weighted by Crippen LogP contribution is 2.30. The van der Waals surface area contributed by atoms with E-state index in [9.17, 15) is 4.79 Å². The third kappa shape index (κ3) is 4.58. The highest BCUT2D eigenvalue weighted by atomic mass is 16.5. The summed E-state index contributed by atoms with van der Waals surface area (Å²) in [4.78, 5) is 20.2. The standard InChI is InChI=1S/C17H22N4O3/c1-11(2)9-18-17(22)14-8-16(20-10-19-14)21-13-6-5-12(23-3)7-15(13)24-4/h5-8,10-11H,9H2,1-4H3,(H,18,22)(H,19,20,21). The molecule has 0 aliphatic carbocycles. The van der Waals surface area contributed by atoms with Crippen molar-refractivity contribution in [3.05, 3.63) is 36.3 Å². The van der Waals surface area contributed by atoms with Crippen LogP contribution in [-0.4, -0.2) is 36.6 Å². The lowest BCUT2D eigenvalue weighted by molar-refractivity contribution is 0.0944. The minimum atomic E-state index is -0.226. The van der Waals surface area contributed by atoms with Gasteiger partial charge in [-0.2, -0.15) is 0 Å². The third-order valence-corrected chi connectivity index (χ3v) is 3.24. The summed E-state index contributed by atoms with van der Waals surface area (Å²) in [6.45, 7) is 4.66. The van der Waals surface area contributed by atoms with Gasteiger partial charge in [0.2, 0.25) is 0 Å². The van der Waals surface area contributed by atoms with E-state index >= 15 is 0 Å². The van der Waals surface area contributed by atoms with E-state index < -0.39 is 0 Å². The molecule has 0 fully saturated rings. The number of methoxy groups -OCH3 is 2. The van der Waals surface area contributed by atoms with Crippen LogP contribution >= 0.6 is 0 Å². The molecule has 0 atom stereocenters. The normalized spacial score (nSPS) is 10.4. The Kier molecular flexibility index (Phi) is 5.95. The zero-order chi connectivity index (χ0) is 17.5. The quantitative estimate of drug-likeness (QED) is 0.812. The highest BCUT2D eigenvalue weighted by Gasteiger charge is 2.11. The SMILES string of the molecule is COc1ccc(Nc2cc(C(=O)NCC(C)C)ncn2)c(OC)c1. The predicted molar refractivity (Wildman–Crippen MR) is 92.0 cm³/mol. The van der Waals surface area contributed by atoms with Crippen LogP contribution in [-0.2, 0) is 0 Å². The van der Waals surface area contributed by atoms with Gasteiger partial charge in [0.25, 0.3) is 5.91 Å². The first kappa shape index (κ1) is 17.5. The van der Waals surface area contributed by atoms with Gasteiger partial charge in [-0.15, -0.1) is 0 Å². The van der Waals surface area contributed by atoms with Crippen molar-refractivity contribution in [3.63, 3.8) is 0 Å². The molecule has 1 aromatic carbocycles. The molecule has 0 aliphatic rings. The van der Waals surface area contributed by atoms with Crippen molar-refractivity contribution in [2.45, 2.75) is 13.8 Å². The Hall–Kier alpha value is -2.83. The Labute approximate surface area is 141 Å². The van der Waals surface area contributed by atoms with Gasteiger partial charge in [0.1, 0.15) is 29.3 Å². The lowest BCUT2D eigenvalue weighted by atomic mass is 10.2. The Morgan fingerprint density at radius 1 is 1.17 bits per heavy atom. The van der Waals surface area contributed by atoms with Gasteiger partial charge in [-0.3, -0.25) is 4.79 Å². The summed E-state index contributed by atoms with van der Waals surface area (Å²) >= 11 is 0. The van der Waals surface area contributed by atoms with Gasteiger partial charge in [-0.1, -0.05) is 13.8 Å². The molecule has 1 aromatic heterocycles. The largest absolute Gasteiger partial charge is 0.497 e. The molecule has 0 radical (unpaired) electrons. The Balaban J connectivity index is 2.16. The van der Waals surface area contributed by atoms with Crippen LogP contribution in [0.5, 0.6) is 11.5 Å². The molecule has 1 heterocycles. The van der Waals surface area contributed by atoms with Crippen molar-refractivity contribution in [1.82, 2.24) is 15.3 Å². The summed E-state index contributed by atoms with van der Waals surface area (Å²) in [5.41, 5.74) is 1.02. The molecule has 2 N–H and O–H groups in total. The van der Waals surface area contributed by atoms with Crippen molar-refractivity contribution < 1.29 is 14.3 Å². The topological polar surface area (TPSA) is 85.4 Å². The zero-order valence-corrected chi connectivity index (χ0v) is 14.3. The molecule has 7 heteroatoms. The number of benzene rings is 1. The van der Waals surface area contributed by atoms with Gasteiger partial charge < -0.3 is 20.1 Å². The molecule has 24 heavy (non-hydrogen) atoms. The second-order valence-electron chi connectivity index (χ2n) is 5.58. The predicted octanol–water partition coefficient (Wildman–Crippen LogP) is 2.62. The van der Waals surface area contributed by atoms with Crippen LogP contribution in [0.15, 0.2) is 30.6 Å². The summed E-state index contributed by atoms with van der Waals surface area (Å²) in [6.07, 6.45) is 1.35. The number of carbonyl (C=O) groups is 1. The first-order chi connectivity index (χ1) is 11.5. The summed E-state index contributed by atoms with van der Waals surface area (Å²) in [6, 6.07) is 6.99. The molecule has 2 rings (SSSR count). The van der Waals surface area contributed by atoms with E-state index in [1.807, 2.05) is 26.0 Å². The smallest absolute Gasteiger partial charge is 0.270 e. The molecule has 0 aliphatic heterocycles. The van der Waals surface area contributed by atoms with Gasteiger partial charge >= 0.3 is 0 Å². The van der Waals surface area contributed by atoms with Crippen LogP contribution in [0.4, 0.5) is 11.5 Å². The number of rotatable bonds is 7. The molecular formula is C17H22N4O3. The summed E-state index contributed by atoms with van der Waals surface area (Å²) in [5.74, 6) is 1.95. The first-order valence-corrected chi connectivity index (χ1v) is 7.62. The number of carbonyl (C=O) groups excluding carboxylic acids is 1. The average molecular weight is 330 g/mol. The van der Waals surface area contributed by atoms with Crippen molar-refractivity contribution >= 4 is 17.4 Å². The molecule has 0 saturated carbocycles. The molecule has 0 unspecified atom stereocenters. The highest BCUT2D eigenvalue weighted by molar-refractivity contribution is 5.93. The molecule has 0 bridgehead atoms. The minimum absolute atomic E-state index is 0.226. The van der Waals surface area contributed by atoms with E-state index in [0.29, 0.717) is 41.2 Å². The molecule has 2 aromatic rings. The number of nitrogens with zero attached hydrogens (tertiary/aromatic N) is 2.